The summed E-state index contributed by atoms with van der Waals surface area (Å²) >= 11 is 0. The van der Waals surface area contributed by atoms with Crippen LogP contribution in [0.1, 0.15) is 6.42 Å². The summed E-state index contributed by atoms with van der Waals surface area (Å²) < 4.78 is 25.6. The molecule has 0 amide bonds. The molecule has 0 spiro atoms. The van der Waals surface area contributed by atoms with Crippen LogP contribution in [0.5, 0.6) is 0 Å². The molecule has 2 rings (SSSR count). The minimum atomic E-state index is -3.31. The Morgan fingerprint density at radius 1 is 1.56 bits per heavy atom. The summed E-state index contributed by atoms with van der Waals surface area (Å²) in [7, 11) is -1.67. The summed E-state index contributed by atoms with van der Waals surface area (Å²) in [4.78, 5) is 3.10. The van der Waals surface area contributed by atoms with Gasteiger partial charge in [0.15, 0.2) is 0 Å². The number of aromatic amines is 1. The van der Waals surface area contributed by atoms with Gasteiger partial charge in [0.25, 0.3) is 0 Å². The second kappa shape index (κ2) is 4.57. The SMILES string of the molecule is CN(CC1CCNC1)S(=O)(=O)c1cc[nH]c1. The van der Waals surface area contributed by atoms with Crippen molar-refractivity contribution in [3.63, 3.8) is 0 Å². The lowest BCUT2D eigenvalue weighted by molar-refractivity contribution is 0.400. The van der Waals surface area contributed by atoms with E-state index in [1.54, 1.807) is 19.3 Å². The van der Waals surface area contributed by atoms with Gasteiger partial charge in [0, 0.05) is 26.0 Å². The Morgan fingerprint density at radius 2 is 2.38 bits per heavy atom. The van der Waals surface area contributed by atoms with Crippen LogP contribution in [0.4, 0.5) is 0 Å². The van der Waals surface area contributed by atoms with Gasteiger partial charge in [0.1, 0.15) is 0 Å². The second-order valence-corrected chi connectivity index (χ2v) is 6.24. The van der Waals surface area contributed by atoms with Gasteiger partial charge in [0.05, 0.1) is 4.90 Å². The van der Waals surface area contributed by atoms with Gasteiger partial charge in [-0.3, -0.25) is 0 Å². The molecule has 0 bridgehead atoms. The molecule has 0 saturated carbocycles. The lowest BCUT2D eigenvalue weighted by Crippen LogP contribution is -2.32. The number of hydrogen-bond acceptors (Lipinski definition) is 3. The number of H-pyrrole nitrogens is 1. The van der Waals surface area contributed by atoms with Crippen LogP contribution in [0.15, 0.2) is 23.4 Å². The standard InChI is InChI=1S/C10H17N3O2S/c1-13(8-9-2-4-11-6-9)16(14,15)10-3-5-12-7-10/h3,5,7,9,11-12H,2,4,6,8H2,1H3. The Kier molecular flexibility index (Phi) is 3.32. The third kappa shape index (κ3) is 2.28. The summed E-state index contributed by atoms with van der Waals surface area (Å²) in [5.74, 6) is 0.429. The highest BCUT2D eigenvalue weighted by Crippen LogP contribution is 2.16. The molecular weight excluding hydrogens is 226 g/mol. The van der Waals surface area contributed by atoms with E-state index in [2.05, 4.69) is 10.3 Å². The topological polar surface area (TPSA) is 65.2 Å². The van der Waals surface area contributed by atoms with Crippen LogP contribution >= 0.6 is 0 Å². The molecule has 90 valence electrons. The van der Waals surface area contributed by atoms with Gasteiger partial charge < -0.3 is 10.3 Å². The minimum absolute atomic E-state index is 0.334. The van der Waals surface area contributed by atoms with Crippen molar-refractivity contribution in [1.29, 1.82) is 0 Å². The van der Waals surface area contributed by atoms with Crippen molar-refractivity contribution in [2.75, 3.05) is 26.7 Å². The van der Waals surface area contributed by atoms with Crippen molar-refractivity contribution in [2.45, 2.75) is 11.3 Å². The Bertz CT molecular complexity index is 421. The van der Waals surface area contributed by atoms with E-state index in [4.69, 9.17) is 0 Å². The van der Waals surface area contributed by atoms with Crippen LogP contribution in [-0.4, -0.2) is 44.4 Å². The first-order valence-corrected chi connectivity index (χ1v) is 6.84. The largest absolute Gasteiger partial charge is 0.366 e. The third-order valence-corrected chi connectivity index (χ3v) is 4.77. The summed E-state index contributed by atoms with van der Waals surface area (Å²) in [5.41, 5.74) is 0. The van der Waals surface area contributed by atoms with Gasteiger partial charge in [-0.15, -0.1) is 0 Å². The lowest BCUT2D eigenvalue weighted by Gasteiger charge is -2.19. The Balaban J connectivity index is 2.06. The highest BCUT2D eigenvalue weighted by molar-refractivity contribution is 7.89. The third-order valence-electron chi connectivity index (χ3n) is 2.96. The zero-order valence-electron chi connectivity index (χ0n) is 9.31. The molecule has 16 heavy (non-hydrogen) atoms. The molecule has 1 aromatic rings. The number of rotatable bonds is 4. The van der Waals surface area contributed by atoms with E-state index in [1.165, 1.54) is 10.5 Å². The van der Waals surface area contributed by atoms with Crippen molar-refractivity contribution < 1.29 is 8.42 Å². The average molecular weight is 243 g/mol. The van der Waals surface area contributed by atoms with Gasteiger partial charge in [-0.2, -0.15) is 0 Å². The zero-order chi connectivity index (χ0) is 11.6. The van der Waals surface area contributed by atoms with E-state index in [-0.39, 0.29) is 0 Å². The highest BCUT2D eigenvalue weighted by Gasteiger charge is 2.25. The van der Waals surface area contributed by atoms with Gasteiger partial charge in [0.2, 0.25) is 10.0 Å². The second-order valence-electron chi connectivity index (χ2n) is 4.19. The Hall–Kier alpha value is -0.850. The molecular formula is C10H17N3O2S. The van der Waals surface area contributed by atoms with Crippen LogP contribution in [0.2, 0.25) is 0 Å². The summed E-state index contributed by atoms with van der Waals surface area (Å²) in [6.07, 6.45) is 4.18. The monoisotopic (exact) mass is 243 g/mol. The maximum absolute atomic E-state index is 12.1. The van der Waals surface area contributed by atoms with Gasteiger partial charge in [-0.1, -0.05) is 0 Å². The zero-order valence-corrected chi connectivity index (χ0v) is 10.1. The molecule has 2 N–H and O–H groups in total. The van der Waals surface area contributed by atoms with E-state index in [0.29, 0.717) is 17.4 Å². The molecule has 5 nitrogen and oxygen atoms in total. The van der Waals surface area contributed by atoms with Crippen molar-refractivity contribution >= 4 is 10.0 Å². The fraction of sp³-hybridized carbons (Fsp3) is 0.600. The number of nitrogens with zero attached hydrogens (tertiary/aromatic N) is 1. The van der Waals surface area contributed by atoms with Crippen molar-refractivity contribution in [2.24, 2.45) is 5.92 Å². The summed E-state index contributed by atoms with van der Waals surface area (Å²) in [6, 6.07) is 1.58. The van der Waals surface area contributed by atoms with Crippen LogP contribution in [0, 0.1) is 5.92 Å². The molecule has 1 aromatic heterocycles. The normalized spacial score (nSPS) is 21.8. The number of nitrogens with one attached hydrogen (secondary N) is 2. The quantitative estimate of drug-likeness (QED) is 0.796. The molecule has 1 aliphatic heterocycles. The number of aromatic nitrogens is 1. The molecule has 1 fully saturated rings. The fourth-order valence-corrected chi connectivity index (χ4v) is 3.20. The predicted octanol–water partition coefficient (Wildman–Crippen LogP) is 0.245. The van der Waals surface area contributed by atoms with E-state index in [0.717, 1.165) is 19.5 Å². The smallest absolute Gasteiger partial charge is 0.244 e. The lowest BCUT2D eigenvalue weighted by atomic mass is 10.1. The van der Waals surface area contributed by atoms with Crippen LogP contribution in [-0.2, 0) is 10.0 Å². The molecule has 1 saturated heterocycles. The minimum Gasteiger partial charge on any atom is -0.366 e. The Labute approximate surface area is 95.9 Å². The predicted molar refractivity (Wildman–Crippen MR) is 61.6 cm³/mol. The number of hydrogen-bond donors (Lipinski definition) is 2. The first-order valence-electron chi connectivity index (χ1n) is 5.40. The highest BCUT2D eigenvalue weighted by atomic mass is 32.2. The van der Waals surface area contributed by atoms with Gasteiger partial charge in [-0.25, -0.2) is 12.7 Å². The Morgan fingerprint density at radius 3 is 2.94 bits per heavy atom. The molecule has 0 aromatic carbocycles. The van der Waals surface area contributed by atoms with E-state index in [9.17, 15) is 8.42 Å². The van der Waals surface area contributed by atoms with E-state index < -0.39 is 10.0 Å². The molecule has 0 aliphatic carbocycles. The molecule has 0 radical (unpaired) electrons. The molecule has 2 heterocycles. The van der Waals surface area contributed by atoms with Crippen LogP contribution in [0.25, 0.3) is 0 Å². The van der Waals surface area contributed by atoms with Gasteiger partial charge >= 0.3 is 0 Å². The average Bonchev–Trinajstić information content (AvgIpc) is 2.89. The van der Waals surface area contributed by atoms with Crippen LogP contribution < -0.4 is 5.32 Å². The van der Waals surface area contributed by atoms with Gasteiger partial charge in [-0.05, 0) is 31.5 Å². The first-order chi connectivity index (χ1) is 7.60. The van der Waals surface area contributed by atoms with E-state index >= 15 is 0 Å². The van der Waals surface area contributed by atoms with E-state index in [1.807, 2.05) is 0 Å². The molecule has 1 atom stereocenters. The number of sulfonamides is 1. The maximum Gasteiger partial charge on any atom is 0.244 e. The first kappa shape index (κ1) is 11.6. The van der Waals surface area contributed by atoms with Crippen molar-refractivity contribution in [1.82, 2.24) is 14.6 Å². The fourth-order valence-electron chi connectivity index (χ4n) is 1.98. The maximum atomic E-state index is 12.1. The van der Waals surface area contributed by atoms with Crippen molar-refractivity contribution in [3.8, 4) is 0 Å². The molecule has 1 aliphatic rings. The summed E-state index contributed by atoms with van der Waals surface area (Å²) in [6.45, 7) is 2.48. The summed E-state index contributed by atoms with van der Waals surface area (Å²) in [5, 5.41) is 3.24. The molecule has 1 unspecified atom stereocenters. The van der Waals surface area contributed by atoms with Crippen molar-refractivity contribution in [3.05, 3.63) is 18.5 Å². The molecule has 6 heteroatoms. The van der Waals surface area contributed by atoms with Crippen LogP contribution in [0.3, 0.4) is 0 Å².